The molecule has 1 aliphatic rings. The van der Waals surface area contributed by atoms with Crippen LogP contribution in [0.25, 0.3) is 0 Å². The van der Waals surface area contributed by atoms with E-state index in [1.54, 1.807) is 12.1 Å². The highest BCUT2D eigenvalue weighted by atomic mass is 16.3. The standard InChI is InChI=1S/C44H54O5/c1-41(2,3)30-16-24-13-25-17-31(42(4,5)6)19-27(37(25)46)15-29-21-33(44(10,11)12)23-35(39(29)48)40(49)34-22-32(43(7,8)9)20-28(38(34)47)14-26(18-30)36(24)45/h16-23,45-48H,13-15H2,1-12H3. The first-order valence-electron chi connectivity index (χ1n) is 17.3. The van der Waals surface area contributed by atoms with Crippen molar-refractivity contribution < 1.29 is 25.2 Å². The van der Waals surface area contributed by atoms with Crippen molar-refractivity contribution in [2.75, 3.05) is 0 Å². The second-order valence-electron chi connectivity index (χ2n) is 18.2. The summed E-state index contributed by atoms with van der Waals surface area (Å²) in [5.41, 5.74) is 6.37. The van der Waals surface area contributed by atoms with E-state index in [-0.39, 0.29) is 75.0 Å². The largest absolute Gasteiger partial charge is 0.507 e. The first-order chi connectivity index (χ1) is 22.4. The second kappa shape index (κ2) is 12.0. The molecule has 49 heavy (non-hydrogen) atoms. The van der Waals surface area contributed by atoms with Gasteiger partial charge in [0, 0.05) is 19.3 Å². The van der Waals surface area contributed by atoms with Gasteiger partial charge in [-0.25, -0.2) is 0 Å². The molecule has 8 bridgehead atoms. The summed E-state index contributed by atoms with van der Waals surface area (Å²) in [7, 11) is 0. The van der Waals surface area contributed by atoms with Gasteiger partial charge in [0.1, 0.15) is 23.0 Å². The number of benzene rings is 4. The molecule has 0 unspecified atom stereocenters. The van der Waals surface area contributed by atoms with E-state index in [9.17, 15) is 25.2 Å². The van der Waals surface area contributed by atoms with Gasteiger partial charge in [0.25, 0.3) is 0 Å². The van der Waals surface area contributed by atoms with Gasteiger partial charge >= 0.3 is 0 Å². The van der Waals surface area contributed by atoms with Gasteiger partial charge < -0.3 is 20.4 Å². The molecule has 4 N–H and O–H groups in total. The molecule has 0 amide bonds. The first kappa shape index (κ1) is 36.0. The summed E-state index contributed by atoms with van der Waals surface area (Å²) in [6.07, 6.45) is 0.636. The van der Waals surface area contributed by atoms with Crippen LogP contribution in [0, 0.1) is 0 Å². The van der Waals surface area contributed by atoms with Gasteiger partial charge in [-0.05, 0) is 89.4 Å². The Morgan fingerprint density at radius 1 is 0.367 bits per heavy atom. The summed E-state index contributed by atoms with van der Waals surface area (Å²) in [5, 5.41) is 47.5. The molecule has 5 rings (SSSR count). The molecule has 1 aliphatic carbocycles. The molecule has 0 atom stereocenters. The first-order valence-corrected chi connectivity index (χ1v) is 17.3. The molecular weight excluding hydrogens is 608 g/mol. The zero-order valence-corrected chi connectivity index (χ0v) is 31.4. The predicted molar refractivity (Wildman–Crippen MR) is 199 cm³/mol. The SMILES string of the molecule is CC(C)(C)c1cc2c(O)c(c1)Cc1cc(C(C)(C)C)cc(c1O)C(=O)c1cc(C(C)(C)C)cc(c1O)Cc1cc(C(C)(C)C)cc(c1O)C2. The number of phenols is 4. The van der Waals surface area contributed by atoms with Crippen molar-refractivity contribution in [3.63, 3.8) is 0 Å². The quantitative estimate of drug-likeness (QED) is 0.132. The van der Waals surface area contributed by atoms with Crippen LogP contribution < -0.4 is 0 Å². The lowest BCUT2D eigenvalue weighted by molar-refractivity contribution is 0.103. The summed E-state index contributed by atoms with van der Waals surface area (Å²) in [6.45, 7) is 25.1. The van der Waals surface area contributed by atoms with Gasteiger partial charge in [-0.3, -0.25) is 4.79 Å². The fourth-order valence-corrected chi connectivity index (χ4v) is 6.56. The molecule has 5 heteroatoms. The predicted octanol–water partition coefficient (Wildman–Crippen LogP) is 10.0. The van der Waals surface area contributed by atoms with Crippen molar-refractivity contribution in [3.05, 3.63) is 115 Å². The normalized spacial score (nSPS) is 14.2. The number of phenolic OH excluding ortho intramolecular Hbond substituents is 4. The molecule has 0 saturated carbocycles. The lowest BCUT2D eigenvalue weighted by atomic mass is 9.79. The number of rotatable bonds is 0. The Morgan fingerprint density at radius 2 is 0.571 bits per heavy atom. The van der Waals surface area contributed by atoms with E-state index in [1.165, 1.54) is 0 Å². The molecule has 0 aliphatic heterocycles. The average Bonchev–Trinajstić information content (AvgIpc) is 2.95. The van der Waals surface area contributed by atoms with Gasteiger partial charge in [0.2, 0.25) is 5.78 Å². The Bertz CT molecular complexity index is 1830. The van der Waals surface area contributed by atoms with E-state index in [0.717, 1.165) is 22.3 Å². The van der Waals surface area contributed by atoms with Gasteiger partial charge in [-0.2, -0.15) is 0 Å². The summed E-state index contributed by atoms with van der Waals surface area (Å²) in [4.78, 5) is 14.6. The molecule has 0 heterocycles. The number of hydrogen-bond acceptors (Lipinski definition) is 5. The maximum absolute atomic E-state index is 14.6. The molecule has 0 fully saturated rings. The van der Waals surface area contributed by atoms with Gasteiger partial charge in [0.05, 0.1) is 11.1 Å². The minimum absolute atomic E-state index is 0.105. The van der Waals surface area contributed by atoms with Crippen LogP contribution in [0.15, 0.2) is 48.5 Å². The Labute approximate surface area is 292 Å². The molecular formula is C44H54O5. The van der Waals surface area contributed by atoms with E-state index in [4.69, 9.17) is 0 Å². The summed E-state index contributed by atoms with van der Waals surface area (Å²) >= 11 is 0. The average molecular weight is 663 g/mol. The zero-order valence-electron chi connectivity index (χ0n) is 31.4. The monoisotopic (exact) mass is 662 g/mol. The summed E-state index contributed by atoms with van der Waals surface area (Å²) in [6, 6.07) is 15.3. The third kappa shape index (κ3) is 7.08. The highest BCUT2D eigenvalue weighted by Crippen LogP contribution is 2.43. The third-order valence-corrected chi connectivity index (χ3v) is 10.0. The van der Waals surface area contributed by atoms with Crippen LogP contribution in [0.1, 0.15) is 155 Å². The van der Waals surface area contributed by atoms with Crippen molar-refractivity contribution in [2.45, 2.75) is 124 Å². The topological polar surface area (TPSA) is 98.0 Å². The van der Waals surface area contributed by atoms with E-state index in [1.807, 2.05) is 36.4 Å². The number of carbonyl (C=O) groups excluding carboxylic acids is 1. The lowest BCUT2D eigenvalue weighted by Crippen LogP contribution is -2.17. The van der Waals surface area contributed by atoms with Crippen LogP contribution >= 0.6 is 0 Å². The van der Waals surface area contributed by atoms with E-state index < -0.39 is 5.78 Å². The van der Waals surface area contributed by atoms with Gasteiger partial charge in [-0.15, -0.1) is 0 Å². The number of carbonyl (C=O) groups is 1. The molecule has 0 radical (unpaired) electrons. The maximum atomic E-state index is 14.6. The molecule has 260 valence electrons. The third-order valence-electron chi connectivity index (χ3n) is 10.0. The van der Waals surface area contributed by atoms with Crippen molar-refractivity contribution >= 4 is 5.78 Å². The number of aromatic hydroxyl groups is 4. The fourth-order valence-electron chi connectivity index (χ4n) is 6.56. The summed E-state index contributed by atoms with van der Waals surface area (Å²) < 4.78 is 0. The molecule has 0 aromatic heterocycles. The summed E-state index contributed by atoms with van der Waals surface area (Å²) in [5.74, 6) is -0.593. The Morgan fingerprint density at radius 3 is 0.796 bits per heavy atom. The Balaban J connectivity index is 1.93. The van der Waals surface area contributed by atoms with E-state index >= 15 is 0 Å². The van der Waals surface area contributed by atoms with Crippen LogP contribution in [-0.4, -0.2) is 26.2 Å². The van der Waals surface area contributed by atoms with Gasteiger partial charge in [0.15, 0.2) is 0 Å². The van der Waals surface area contributed by atoms with Crippen LogP contribution in [-0.2, 0) is 40.9 Å². The molecule has 5 nitrogen and oxygen atoms in total. The highest BCUT2D eigenvalue weighted by Gasteiger charge is 2.30. The second-order valence-corrected chi connectivity index (χ2v) is 18.2. The van der Waals surface area contributed by atoms with Crippen LogP contribution in [0.2, 0.25) is 0 Å². The molecule has 4 aromatic carbocycles. The smallest absolute Gasteiger partial charge is 0.200 e. The van der Waals surface area contributed by atoms with Crippen LogP contribution in [0.5, 0.6) is 23.0 Å². The molecule has 0 saturated heterocycles. The molecule has 0 spiro atoms. The minimum atomic E-state index is -0.483. The highest BCUT2D eigenvalue weighted by molar-refractivity contribution is 6.13. The number of fused-ring (bicyclic) bond motifs is 8. The molecule has 4 aromatic rings. The lowest BCUT2D eigenvalue weighted by Gasteiger charge is -2.26. The van der Waals surface area contributed by atoms with Crippen molar-refractivity contribution in [1.82, 2.24) is 0 Å². The van der Waals surface area contributed by atoms with Crippen molar-refractivity contribution in [3.8, 4) is 23.0 Å². The number of hydrogen-bond donors (Lipinski definition) is 4. The van der Waals surface area contributed by atoms with Crippen molar-refractivity contribution in [1.29, 1.82) is 0 Å². The van der Waals surface area contributed by atoms with E-state index in [0.29, 0.717) is 33.4 Å². The van der Waals surface area contributed by atoms with Crippen LogP contribution in [0.3, 0.4) is 0 Å². The van der Waals surface area contributed by atoms with Crippen molar-refractivity contribution in [2.24, 2.45) is 0 Å². The fraction of sp³-hybridized carbons (Fsp3) is 0.432. The van der Waals surface area contributed by atoms with E-state index in [2.05, 4.69) is 83.1 Å². The Hall–Kier alpha value is -4.25. The maximum Gasteiger partial charge on any atom is 0.200 e. The Kier molecular flexibility index (Phi) is 8.80. The van der Waals surface area contributed by atoms with Crippen LogP contribution in [0.4, 0.5) is 0 Å². The minimum Gasteiger partial charge on any atom is -0.507 e. The number of ketones is 1. The van der Waals surface area contributed by atoms with Gasteiger partial charge in [-0.1, -0.05) is 119 Å². The zero-order chi connectivity index (χ0) is 36.6.